The van der Waals surface area contributed by atoms with Crippen LogP contribution in [0.15, 0.2) is 18.2 Å². The first-order valence-corrected chi connectivity index (χ1v) is 4.19. The third kappa shape index (κ3) is 2.08. The van der Waals surface area contributed by atoms with Crippen LogP contribution in [0.5, 0.6) is 0 Å². The summed E-state index contributed by atoms with van der Waals surface area (Å²) in [6, 6.07) is 4.98. The van der Waals surface area contributed by atoms with Crippen molar-refractivity contribution in [2.24, 2.45) is 5.73 Å². The standard InChI is InChI=1S/C10H11FN2O/c1-6(14)10(13)8-4-7(5-12)2-3-9(8)11/h2-4,6,10,14H,13H2,1H3. The minimum absolute atomic E-state index is 0.166. The van der Waals surface area contributed by atoms with Gasteiger partial charge in [-0.1, -0.05) is 0 Å². The average Bonchev–Trinajstić information content (AvgIpc) is 2.17. The van der Waals surface area contributed by atoms with Crippen LogP contribution in [0.25, 0.3) is 0 Å². The van der Waals surface area contributed by atoms with Crippen LogP contribution in [0.3, 0.4) is 0 Å². The summed E-state index contributed by atoms with van der Waals surface area (Å²) in [5, 5.41) is 17.8. The van der Waals surface area contributed by atoms with Gasteiger partial charge in [-0.2, -0.15) is 5.26 Å². The van der Waals surface area contributed by atoms with Crippen LogP contribution in [0, 0.1) is 17.1 Å². The summed E-state index contributed by atoms with van der Waals surface area (Å²) >= 11 is 0. The van der Waals surface area contributed by atoms with Crippen molar-refractivity contribution in [2.45, 2.75) is 19.1 Å². The molecule has 3 nitrogen and oxygen atoms in total. The van der Waals surface area contributed by atoms with Gasteiger partial charge in [0.05, 0.1) is 23.8 Å². The van der Waals surface area contributed by atoms with Crippen molar-refractivity contribution < 1.29 is 9.50 Å². The smallest absolute Gasteiger partial charge is 0.128 e. The van der Waals surface area contributed by atoms with Gasteiger partial charge in [0, 0.05) is 5.56 Å². The summed E-state index contributed by atoms with van der Waals surface area (Å²) in [5.74, 6) is -0.502. The largest absolute Gasteiger partial charge is 0.391 e. The Morgan fingerprint density at radius 3 is 2.71 bits per heavy atom. The quantitative estimate of drug-likeness (QED) is 0.740. The van der Waals surface area contributed by atoms with E-state index >= 15 is 0 Å². The molecule has 1 rings (SSSR count). The predicted molar refractivity (Wildman–Crippen MR) is 49.7 cm³/mol. The molecule has 4 heteroatoms. The Labute approximate surface area is 81.6 Å². The minimum Gasteiger partial charge on any atom is -0.391 e. The summed E-state index contributed by atoms with van der Waals surface area (Å²) < 4.78 is 13.2. The number of halogens is 1. The molecule has 0 bridgehead atoms. The van der Waals surface area contributed by atoms with Crippen LogP contribution < -0.4 is 5.73 Å². The van der Waals surface area contributed by atoms with E-state index in [-0.39, 0.29) is 5.56 Å². The molecule has 0 saturated heterocycles. The van der Waals surface area contributed by atoms with Crippen LogP contribution in [0.2, 0.25) is 0 Å². The van der Waals surface area contributed by atoms with Gasteiger partial charge in [-0.3, -0.25) is 0 Å². The Morgan fingerprint density at radius 2 is 2.21 bits per heavy atom. The SMILES string of the molecule is CC(O)C(N)c1cc(C#N)ccc1F. The van der Waals surface area contributed by atoms with Gasteiger partial charge in [-0.15, -0.1) is 0 Å². The van der Waals surface area contributed by atoms with Crippen LogP contribution in [0.1, 0.15) is 24.1 Å². The molecular formula is C10H11FN2O. The Morgan fingerprint density at radius 1 is 1.57 bits per heavy atom. The van der Waals surface area contributed by atoms with E-state index in [0.29, 0.717) is 5.56 Å². The maximum atomic E-state index is 13.2. The molecule has 2 unspecified atom stereocenters. The molecule has 0 saturated carbocycles. The fourth-order valence-electron chi connectivity index (χ4n) is 1.13. The van der Waals surface area contributed by atoms with E-state index in [0.717, 1.165) is 0 Å². The third-order valence-corrected chi connectivity index (χ3v) is 2.00. The van der Waals surface area contributed by atoms with Crippen molar-refractivity contribution in [3.63, 3.8) is 0 Å². The molecule has 74 valence electrons. The van der Waals surface area contributed by atoms with Crippen molar-refractivity contribution in [1.82, 2.24) is 0 Å². The van der Waals surface area contributed by atoms with Gasteiger partial charge in [0.15, 0.2) is 0 Å². The lowest BCUT2D eigenvalue weighted by molar-refractivity contribution is 0.162. The monoisotopic (exact) mass is 194 g/mol. The van der Waals surface area contributed by atoms with E-state index in [1.807, 2.05) is 6.07 Å². The number of benzene rings is 1. The first kappa shape index (κ1) is 10.6. The van der Waals surface area contributed by atoms with Gasteiger partial charge in [0.2, 0.25) is 0 Å². The maximum absolute atomic E-state index is 13.2. The van der Waals surface area contributed by atoms with Gasteiger partial charge >= 0.3 is 0 Å². The summed E-state index contributed by atoms with van der Waals surface area (Å²) in [6.45, 7) is 1.48. The second kappa shape index (κ2) is 4.18. The molecule has 0 radical (unpaired) electrons. The number of aliphatic hydroxyl groups is 1. The van der Waals surface area contributed by atoms with Gasteiger partial charge in [0.1, 0.15) is 5.82 Å². The van der Waals surface area contributed by atoms with Gasteiger partial charge in [-0.05, 0) is 25.1 Å². The van der Waals surface area contributed by atoms with E-state index in [1.165, 1.54) is 25.1 Å². The summed E-state index contributed by atoms with van der Waals surface area (Å²) in [6.07, 6.45) is -0.849. The van der Waals surface area contributed by atoms with Crippen molar-refractivity contribution in [1.29, 1.82) is 5.26 Å². The lowest BCUT2D eigenvalue weighted by Crippen LogP contribution is -2.24. The van der Waals surface area contributed by atoms with E-state index in [1.54, 1.807) is 0 Å². The van der Waals surface area contributed by atoms with Gasteiger partial charge in [-0.25, -0.2) is 4.39 Å². The molecule has 3 N–H and O–H groups in total. The molecule has 0 aliphatic heterocycles. The fourth-order valence-corrected chi connectivity index (χ4v) is 1.13. The fraction of sp³-hybridized carbons (Fsp3) is 0.300. The normalized spacial score (nSPS) is 14.5. The van der Waals surface area contributed by atoms with E-state index in [2.05, 4.69) is 0 Å². The van der Waals surface area contributed by atoms with Crippen molar-refractivity contribution in [2.75, 3.05) is 0 Å². The predicted octanol–water partition coefficient (Wildman–Crippen LogP) is 1.08. The van der Waals surface area contributed by atoms with Crippen LogP contribution in [-0.2, 0) is 0 Å². The van der Waals surface area contributed by atoms with Crippen molar-refractivity contribution >= 4 is 0 Å². The lowest BCUT2D eigenvalue weighted by atomic mass is 10.0. The average molecular weight is 194 g/mol. The highest BCUT2D eigenvalue weighted by atomic mass is 19.1. The maximum Gasteiger partial charge on any atom is 0.128 e. The Kier molecular flexibility index (Phi) is 3.18. The molecule has 0 heterocycles. The second-order valence-corrected chi connectivity index (χ2v) is 3.11. The minimum atomic E-state index is -0.849. The molecule has 0 spiro atoms. The van der Waals surface area contributed by atoms with E-state index < -0.39 is 18.0 Å². The summed E-state index contributed by atoms with van der Waals surface area (Å²) in [5.41, 5.74) is 6.06. The molecule has 0 aliphatic carbocycles. The van der Waals surface area contributed by atoms with E-state index in [9.17, 15) is 9.50 Å². The number of hydrogen-bond donors (Lipinski definition) is 2. The zero-order chi connectivity index (χ0) is 10.7. The Bertz CT molecular complexity index is 371. The number of aliphatic hydroxyl groups excluding tert-OH is 1. The molecule has 2 atom stereocenters. The molecule has 1 aromatic carbocycles. The Hall–Kier alpha value is -1.44. The number of nitrogens with zero attached hydrogens (tertiary/aromatic N) is 1. The number of rotatable bonds is 2. The Balaban J connectivity index is 3.13. The zero-order valence-electron chi connectivity index (χ0n) is 7.74. The van der Waals surface area contributed by atoms with Gasteiger partial charge < -0.3 is 10.8 Å². The topological polar surface area (TPSA) is 70.0 Å². The number of hydrogen-bond acceptors (Lipinski definition) is 3. The number of nitriles is 1. The van der Waals surface area contributed by atoms with Crippen LogP contribution in [-0.4, -0.2) is 11.2 Å². The van der Waals surface area contributed by atoms with Crippen molar-refractivity contribution in [3.8, 4) is 6.07 Å². The second-order valence-electron chi connectivity index (χ2n) is 3.11. The van der Waals surface area contributed by atoms with E-state index in [4.69, 9.17) is 11.0 Å². The summed E-state index contributed by atoms with van der Waals surface area (Å²) in [4.78, 5) is 0. The molecule has 0 amide bonds. The van der Waals surface area contributed by atoms with Crippen LogP contribution in [0.4, 0.5) is 4.39 Å². The van der Waals surface area contributed by atoms with Gasteiger partial charge in [0.25, 0.3) is 0 Å². The molecule has 14 heavy (non-hydrogen) atoms. The number of nitrogens with two attached hydrogens (primary N) is 1. The molecule has 0 fully saturated rings. The highest BCUT2D eigenvalue weighted by Gasteiger charge is 2.16. The molecular weight excluding hydrogens is 183 g/mol. The lowest BCUT2D eigenvalue weighted by Gasteiger charge is -2.15. The third-order valence-electron chi connectivity index (χ3n) is 2.00. The highest BCUT2D eigenvalue weighted by Crippen LogP contribution is 2.19. The first-order valence-electron chi connectivity index (χ1n) is 4.19. The first-order chi connectivity index (χ1) is 6.56. The molecule has 0 aromatic heterocycles. The highest BCUT2D eigenvalue weighted by molar-refractivity contribution is 5.35. The molecule has 1 aromatic rings. The van der Waals surface area contributed by atoms with Crippen LogP contribution >= 0.6 is 0 Å². The molecule has 0 aliphatic rings. The zero-order valence-corrected chi connectivity index (χ0v) is 7.74. The summed E-state index contributed by atoms with van der Waals surface area (Å²) in [7, 11) is 0. The van der Waals surface area contributed by atoms with Crippen molar-refractivity contribution in [3.05, 3.63) is 35.1 Å².